The predicted octanol–water partition coefficient (Wildman–Crippen LogP) is 2.02. The minimum Gasteiger partial charge on any atom is -0.492 e. The molecule has 0 aromatic heterocycles. The average molecular weight is 252 g/mol. The van der Waals surface area contributed by atoms with E-state index >= 15 is 0 Å². The molecular weight excluding hydrogens is 231 g/mol. The van der Waals surface area contributed by atoms with Crippen molar-refractivity contribution in [3.05, 3.63) is 29.6 Å². The first kappa shape index (κ1) is 13.3. The summed E-state index contributed by atoms with van der Waals surface area (Å²) < 4.78 is 19.0. The minimum absolute atomic E-state index is 0.232. The highest BCUT2D eigenvalue weighted by Gasteiger charge is 2.20. The third-order valence-corrected chi connectivity index (χ3v) is 2.91. The van der Waals surface area contributed by atoms with E-state index < -0.39 is 0 Å². The summed E-state index contributed by atoms with van der Waals surface area (Å²) in [5.41, 5.74) is 0.946. The van der Waals surface area contributed by atoms with Gasteiger partial charge in [0.05, 0.1) is 0 Å². The molecule has 1 aromatic rings. The summed E-state index contributed by atoms with van der Waals surface area (Å²) in [7, 11) is 3.97. The van der Waals surface area contributed by atoms with Gasteiger partial charge in [-0.1, -0.05) is 0 Å². The first-order valence-electron chi connectivity index (χ1n) is 6.44. The monoisotopic (exact) mass is 252 g/mol. The van der Waals surface area contributed by atoms with E-state index in [4.69, 9.17) is 4.74 Å². The van der Waals surface area contributed by atoms with E-state index in [2.05, 4.69) is 5.32 Å². The summed E-state index contributed by atoms with van der Waals surface area (Å²) in [6.45, 7) is 2.12. The lowest BCUT2D eigenvalue weighted by Crippen LogP contribution is -2.19. The fraction of sp³-hybridized carbons (Fsp3) is 0.571. The van der Waals surface area contributed by atoms with Gasteiger partial charge in [0.25, 0.3) is 0 Å². The van der Waals surface area contributed by atoms with Crippen LogP contribution in [0.3, 0.4) is 0 Å². The van der Waals surface area contributed by atoms with E-state index in [1.165, 1.54) is 18.9 Å². The molecule has 3 nitrogen and oxygen atoms in total. The van der Waals surface area contributed by atoms with Crippen molar-refractivity contribution >= 4 is 0 Å². The number of hydrogen-bond acceptors (Lipinski definition) is 3. The van der Waals surface area contributed by atoms with Gasteiger partial charge in [-0.3, -0.25) is 0 Å². The van der Waals surface area contributed by atoms with Crippen LogP contribution in [-0.4, -0.2) is 38.2 Å². The molecule has 0 aliphatic heterocycles. The molecule has 100 valence electrons. The molecule has 0 radical (unpaired) electrons. The molecule has 1 aromatic carbocycles. The first-order valence-corrected chi connectivity index (χ1v) is 6.44. The van der Waals surface area contributed by atoms with Crippen LogP contribution in [0.5, 0.6) is 5.75 Å². The van der Waals surface area contributed by atoms with Crippen LogP contribution in [0.2, 0.25) is 0 Å². The van der Waals surface area contributed by atoms with Crippen LogP contribution in [0, 0.1) is 5.82 Å². The Kier molecular flexibility index (Phi) is 4.55. The largest absolute Gasteiger partial charge is 0.492 e. The Bertz CT molecular complexity index is 391. The van der Waals surface area contributed by atoms with Crippen LogP contribution < -0.4 is 10.1 Å². The molecule has 0 saturated heterocycles. The summed E-state index contributed by atoms with van der Waals surface area (Å²) in [5.74, 6) is 0.384. The van der Waals surface area contributed by atoms with Crippen molar-refractivity contribution < 1.29 is 9.13 Å². The van der Waals surface area contributed by atoms with Crippen LogP contribution in [-0.2, 0) is 6.54 Å². The standard InChI is InChI=1S/C14H21FN2O/c1-17(2)5-6-18-14-8-11(7-12(15)9-14)10-16-13-3-4-13/h7-9,13,16H,3-6,10H2,1-2H3. The molecule has 0 atom stereocenters. The Morgan fingerprint density at radius 3 is 2.78 bits per heavy atom. The zero-order valence-electron chi connectivity index (χ0n) is 11.1. The molecule has 2 rings (SSSR count). The Labute approximate surface area is 108 Å². The Morgan fingerprint density at radius 2 is 2.11 bits per heavy atom. The molecule has 0 heterocycles. The van der Waals surface area contributed by atoms with Crippen LogP contribution >= 0.6 is 0 Å². The molecule has 18 heavy (non-hydrogen) atoms. The molecule has 1 aliphatic rings. The highest BCUT2D eigenvalue weighted by molar-refractivity contribution is 5.29. The number of hydrogen-bond donors (Lipinski definition) is 1. The van der Waals surface area contributed by atoms with Crippen molar-refractivity contribution in [2.75, 3.05) is 27.2 Å². The van der Waals surface area contributed by atoms with Crippen molar-refractivity contribution in [3.8, 4) is 5.75 Å². The Balaban J connectivity index is 1.87. The molecule has 4 heteroatoms. The molecule has 0 amide bonds. The van der Waals surface area contributed by atoms with Gasteiger partial charge in [0, 0.05) is 25.2 Å². The highest BCUT2D eigenvalue weighted by atomic mass is 19.1. The number of halogens is 1. The molecule has 1 N–H and O–H groups in total. The van der Waals surface area contributed by atoms with E-state index in [-0.39, 0.29) is 5.82 Å². The van der Waals surface area contributed by atoms with Crippen molar-refractivity contribution in [3.63, 3.8) is 0 Å². The summed E-state index contributed by atoms with van der Waals surface area (Å²) >= 11 is 0. The number of likely N-dealkylation sites (N-methyl/N-ethyl adjacent to an activating group) is 1. The number of nitrogens with one attached hydrogen (secondary N) is 1. The number of benzene rings is 1. The van der Waals surface area contributed by atoms with E-state index in [0.717, 1.165) is 12.1 Å². The van der Waals surface area contributed by atoms with Gasteiger partial charge in [-0.15, -0.1) is 0 Å². The minimum atomic E-state index is -0.232. The Hall–Kier alpha value is -1.13. The normalized spacial score (nSPS) is 15.1. The van der Waals surface area contributed by atoms with Crippen LogP contribution in [0.15, 0.2) is 18.2 Å². The van der Waals surface area contributed by atoms with Crippen LogP contribution in [0.4, 0.5) is 4.39 Å². The lowest BCUT2D eigenvalue weighted by Gasteiger charge is -2.12. The number of ether oxygens (including phenoxy) is 1. The fourth-order valence-corrected chi connectivity index (χ4v) is 1.70. The van der Waals surface area contributed by atoms with E-state index in [1.54, 1.807) is 6.07 Å². The molecule has 1 saturated carbocycles. The maximum atomic E-state index is 13.4. The smallest absolute Gasteiger partial charge is 0.127 e. The zero-order valence-corrected chi connectivity index (χ0v) is 11.1. The lowest BCUT2D eigenvalue weighted by molar-refractivity contribution is 0.260. The fourth-order valence-electron chi connectivity index (χ4n) is 1.70. The number of rotatable bonds is 7. The first-order chi connectivity index (χ1) is 8.63. The van der Waals surface area contributed by atoms with E-state index in [9.17, 15) is 4.39 Å². The predicted molar refractivity (Wildman–Crippen MR) is 70.3 cm³/mol. The summed E-state index contributed by atoms with van der Waals surface area (Å²) in [6.07, 6.45) is 2.48. The van der Waals surface area contributed by atoms with Gasteiger partial charge in [0.2, 0.25) is 0 Å². The zero-order chi connectivity index (χ0) is 13.0. The van der Waals surface area contributed by atoms with Gasteiger partial charge in [-0.25, -0.2) is 4.39 Å². The molecule has 0 unspecified atom stereocenters. The average Bonchev–Trinajstić information content (AvgIpc) is 3.09. The van der Waals surface area contributed by atoms with Crippen LogP contribution in [0.1, 0.15) is 18.4 Å². The second-order valence-electron chi connectivity index (χ2n) is 5.10. The van der Waals surface area contributed by atoms with Crippen molar-refractivity contribution in [2.24, 2.45) is 0 Å². The third kappa shape index (κ3) is 4.63. The lowest BCUT2D eigenvalue weighted by atomic mass is 10.2. The van der Waals surface area contributed by atoms with E-state index in [0.29, 0.717) is 24.9 Å². The van der Waals surface area contributed by atoms with Gasteiger partial charge < -0.3 is 15.0 Å². The van der Waals surface area contributed by atoms with E-state index in [1.807, 2.05) is 25.1 Å². The molecule has 1 fully saturated rings. The second kappa shape index (κ2) is 6.16. The summed E-state index contributed by atoms with van der Waals surface area (Å²) in [4.78, 5) is 2.04. The Morgan fingerprint density at radius 1 is 1.33 bits per heavy atom. The van der Waals surface area contributed by atoms with Crippen molar-refractivity contribution in [1.82, 2.24) is 10.2 Å². The quantitative estimate of drug-likeness (QED) is 0.803. The second-order valence-corrected chi connectivity index (χ2v) is 5.10. The molecule has 0 bridgehead atoms. The number of nitrogens with zero attached hydrogens (tertiary/aromatic N) is 1. The van der Waals surface area contributed by atoms with Gasteiger partial charge in [-0.05, 0) is 44.6 Å². The summed E-state index contributed by atoms with van der Waals surface area (Å²) in [5, 5.41) is 3.37. The highest BCUT2D eigenvalue weighted by Crippen LogP contribution is 2.21. The van der Waals surface area contributed by atoms with Gasteiger partial charge in [0.1, 0.15) is 18.2 Å². The maximum absolute atomic E-state index is 13.4. The molecule has 0 spiro atoms. The molecular formula is C14H21FN2O. The SMILES string of the molecule is CN(C)CCOc1cc(F)cc(CNC2CC2)c1. The van der Waals surface area contributed by atoms with Crippen molar-refractivity contribution in [1.29, 1.82) is 0 Å². The molecule has 1 aliphatic carbocycles. The van der Waals surface area contributed by atoms with Crippen LogP contribution in [0.25, 0.3) is 0 Å². The summed E-state index contributed by atoms with van der Waals surface area (Å²) in [6, 6.07) is 5.55. The topological polar surface area (TPSA) is 24.5 Å². The van der Waals surface area contributed by atoms with Gasteiger partial charge in [-0.2, -0.15) is 0 Å². The van der Waals surface area contributed by atoms with Crippen molar-refractivity contribution in [2.45, 2.75) is 25.4 Å². The third-order valence-electron chi connectivity index (χ3n) is 2.91. The van der Waals surface area contributed by atoms with Gasteiger partial charge in [0.15, 0.2) is 0 Å². The van der Waals surface area contributed by atoms with Gasteiger partial charge >= 0.3 is 0 Å². The maximum Gasteiger partial charge on any atom is 0.127 e.